The van der Waals surface area contributed by atoms with Crippen LogP contribution in [0.15, 0.2) is 29.1 Å². The highest BCUT2D eigenvalue weighted by Crippen LogP contribution is 2.07. The van der Waals surface area contributed by atoms with Crippen molar-refractivity contribution in [3.8, 4) is 0 Å². The highest BCUT2D eigenvalue weighted by Gasteiger charge is 2.14. The third kappa shape index (κ3) is 2.88. The second-order valence-electron chi connectivity index (χ2n) is 5.02. The average Bonchev–Trinajstić information content (AvgIpc) is 2.33. The van der Waals surface area contributed by atoms with Crippen LogP contribution in [0.2, 0.25) is 0 Å². The zero-order chi connectivity index (χ0) is 14.0. The summed E-state index contributed by atoms with van der Waals surface area (Å²) < 4.78 is 1.48. The van der Waals surface area contributed by atoms with E-state index in [-0.39, 0.29) is 17.9 Å². The fourth-order valence-electron chi connectivity index (χ4n) is 2.05. The van der Waals surface area contributed by atoms with Crippen LogP contribution in [0.5, 0.6) is 0 Å². The van der Waals surface area contributed by atoms with Gasteiger partial charge < -0.3 is 4.90 Å². The molecule has 0 unspecified atom stereocenters. The lowest BCUT2D eigenvalue weighted by Crippen LogP contribution is -3.04. The summed E-state index contributed by atoms with van der Waals surface area (Å²) in [5.74, 6) is 0.605. The number of quaternary nitrogens is 1. The van der Waals surface area contributed by atoms with Gasteiger partial charge in [0.15, 0.2) is 5.82 Å². The first-order chi connectivity index (χ1) is 8.99. The molecule has 1 aromatic carbocycles. The van der Waals surface area contributed by atoms with Gasteiger partial charge in [-0.15, -0.1) is 0 Å². The van der Waals surface area contributed by atoms with Crippen LogP contribution in [0.1, 0.15) is 12.7 Å². The quantitative estimate of drug-likeness (QED) is 0.816. The van der Waals surface area contributed by atoms with Gasteiger partial charge in [-0.1, -0.05) is 12.1 Å². The normalized spacial score (nSPS) is 11.2. The Hall–Kier alpha value is -2.01. The van der Waals surface area contributed by atoms with Gasteiger partial charge in [0, 0.05) is 0 Å². The van der Waals surface area contributed by atoms with Crippen LogP contribution in [-0.4, -0.2) is 29.4 Å². The molecule has 0 aliphatic carbocycles. The van der Waals surface area contributed by atoms with E-state index >= 15 is 0 Å². The van der Waals surface area contributed by atoms with Crippen LogP contribution in [0.3, 0.4) is 0 Å². The van der Waals surface area contributed by atoms with E-state index in [1.807, 2.05) is 26.2 Å². The molecule has 0 aliphatic rings. The number of carbonyl (C=O) groups is 1. The van der Waals surface area contributed by atoms with Gasteiger partial charge in [0.25, 0.3) is 5.56 Å². The number of aromatic nitrogens is 2. The topological polar surface area (TPSA) is 56.4 Å². The van der Waals surface area contributed by atoms with Crippen molar-refractivity contribution in [1.82, 2.24) is 9.55 Å². The first-order valence-electron chi connectivity index (χ1n) is 6.26. The number of hydrogen-bond donors (Lipinski definition) is 1. The first kappa shape index (κ1) is 13.4. The highest BCUT2D eigenvalue weighted by molar-refractivity contribution is 5.79. The van der Waals surface area contributed by atoms with Crippen molar-refractivity contribution in [1.29, 1.82) is 0 Å². The van der Waals surface area contributed by atoms with Gasteiger partial charge in [-0.2, -0.15) is 0 Å². The average molecular weight is 260 g/mol. The van der Waals surface area contributed by atoms with Crippen LogP contribution in [0.4, 0.5) is 0 Å². The summed E-state index contributed by atoms with van der Waals surface area (Å²) in [5, 5.41) is 0.557. The summed E-state index contributed by atoms with van der Waals surface area (Å²) in [6.07, 6.45) is 0. The van der Waals surface area contributed by atoms with Crippen LogP contribution < -0.4 is 10.5 Å². The Balaban J connectivity index is 2.69. The van der Waals surface area contributed by atoms with E-state index in [0.717, 1.165) is 4.90 Å². The van der Waals surface area contributed by atoms with Crippen molar-refractivity contribution in [2.75, 3.05) is 14.1 Å². The predicted octanol–water partition coefficient (Wildman–Crippen LogP) is -0.370. The molecule has 0 atom stereocenters. The molecule has 0 amide bonds. The number of nitrogens with zero attached hydrogens (tertiary/aromatic N) is 2. The van der Waals surface area contributed by atoms with Crippen molar-refractivity contribution in [3.05, 3.63) is 40.4 Å². The van der Waals surface area contributed by atoms with Crippen LogP contribution in [0, 0.1) is 0 Å². The number of hydrogen-bond acceptors (Lipinski definition) is 3. The molecule has 0 spiro atoms. The van der Waals surface area contributed by atoms with Gasteiger partial charge in [-0.05, 0) is 19.1 Å². The Morgan fingerprint density at radius 3 is 2.63 bits per heavy atom. The molecule has 5 heteroatoms. The molecular weight excluding hydrogens is 242 g/mol. The monoisotopic (exact) mass is 260 g/mol. The van der Waals surface area contributed by atoms with Gasteiger partial charge in [-0.3, -0.25) is 14.2 Å². The molecule has 2 rings (SSSR count). The summed E-state index contributed by atoms with van der Waals surface area (Å²) in [4.78, 5) is 29.4. The smallest absolute Gasteiger partial charge is 0.261 e. The second kappa shape index (κ2) is 5.32. The van der Waals surface area contributed by atoms with E-state index in [2.05, 4.69) is 4.98 Å². The molecule has 100 valence electrons. The van der Waals surface area contributed by atoms with E-state index in [4.69, 9.17) is 0 Å². The number of carbonyl (C=O) groups excluding carboxylic acids is 1. The zero-order valence-corrected chi connectivity index (χ0v) is 11.4. The summed E-state index contributed by atoms with van der Waals surface area (Å²) in [5.41, 5.74) is 0.542. The van der Waals surface area contributed by atoms with Gasteiger partial charge in [-0.25, -0.2) is 4.98 Å². The Labute approximate surface area is 111 Å². The number of rotatable bonds is 4. The number of ketones is 1. The van der Waals surface area contributed by atoms with Gasteiger partial charge >= 0.3 is 0 Å². The van der Waals surface area contributed by atoms with Crippen molar-refractivity contribution >= 4 is 16.7 Å². The van der Waals surface area contributed by atoms with Gasteiger partial charge in [0.1, 0.15) is 12.3 Å². The first-order valence-corrected chi connectivity index (χ1v) is 6.26. The molecule has 0 fully saturated rings. The lowest BCUT2D eigenvalue weighted by molar-refractivity contribution is -0.873. The maximum Gasteiger partial charge on any atom is 0.261 e. The Morgan fingerprint density at radius 2 is 2.00 bits per heavy atom. The maximum absolute atomic E-state index is 12.4. The molecule has 1 heterocycles. The standard InChI is InChI=1S/C14H17N3O2/c1-10(18)8-17-13(9-16(2)3)15-12-7-5-4-6-11(12)14(17)19/h4-7H,8-9H2,1-3H3/p+1. The number of Topliss-reactive ketones (excluding diaryl/α,β-unsaturated/α-hetero) is 1. The number of benzene rings is 1. The minimum absolute atomic E-state index is 0.0470. The largest absolute Gasteiger partial charge is 0.334 e. The second-order valence-corrected chi connectivity index (χ2v) is 5.02. The number of para-hydroxylation sites is 1. The van der Waals surface area contributed by atoms with E-state index in [9.17, 15) is 9.59 Å². The fraction of sp³-hybridized carbons (Fsp3) is 0.357. The molecule has 1 aromatic heterocycles. The van der Waals surface area contributed by atoms with Gasteiger partial charge in [0.2, 0.25) is 0 Å². The minimum atomic E-state index is -0.142. The van der Waals surface area contributed by atoms with Crippen LogP contribution >= 0.6 is 0 Å². The van der Waals surface area contributed by atoms with E-state index < -0.39 is 0 Å². The minimum Gasteiger partial charge on any atom is -0.334 e. The Bertz CT molecular complexity index is 674. The Kier molecular flexibility index (Phi) is 3.76. The highest BCUT2D eigenvalue weighted by atomic mass is 16.1. The maximum atomic E-state index is 12.4. The molecule has 1 N–H and O–H groups in total. The lowest BCUT2D eigenvalue weighted by Gasteiger charge is -2.13. The molecule has 19 heavy (non-hydrogen) atoms. The SMILES string of the molecule is CC(=O)Cn1c(C[NH+](C)C)nc2ccccc2c1=O. The zero-order valence-electron chi connectivity index (χ0n) is 11.4. The predicted molar refractivity (Wildman–Crippen MR) is 73.2 cm³/mol. The third-order valence-electron chi connectivity index (χ3n) is 2.83. The van der Waals surface area contributed by atoms with Crippen LogP contribution in [-0.2, 0) is 17.9 Å². The van der Waals surface area contributed by atoms with Gasteiger partial charge in [0.05, 0.1) is 31.5 Å². The molecule has 0 saturated carbocycles. The summed E-state index contributed by atoms with van der Waals surface area (Å²) in [6, 6.07) is 7.23. The van der Waals surface area contributed by atoms with Crippen molar-refractivity contribution in [2.24, 2.45) is 0 Å². The fourth-order valence-corrected chi connectivity index (χ4v) is 2.05. The summed E-state index contributed by atoms with van der Waals surface area (Å²) in [7, 11) is 3.97. The van der Waals surface area contributed by atoms with E-state index in [1.165, 1.54) is 11.5 Å². The number of fused-ring (bicyclic) bond motifs is 1. The van der Waals surface area contributed by atoms with Crippen molar-refractivity contribution < 1.29 is 9.69 Å². The van der Waals surface area contributed by atoms with Crippen molar-refractivity contribution in [3.63, 3.8) is 0 Å². The molecular formula is C14H18N3O2+. The Morgan fingerprint density at radius 1 is 1.32 bits per heavy atom. The molecule has 0 radical (unpaired) electrons. The van der Waals surface area contributed by atoms with Crippen LogP contribution in [0.25, 0.3) is 10.9 Å². The third-order valence-corrected chi connectivity index (χ3v) is 2.83. The van der Waals surface area contributed by atoms with E-state index in [1.54, 1.807) is 12.1 Å². The molecule has 2 aromatic rings. The number of nitrogens with one attached hydrogen (secondary N) is 1. The molecule has 0 saturated heterocycles. The molecule has 5 nitrogen and oxygen atoms in total. The van der Waals surface area contributed by atoms with Crippen molar-refractivity contribution in [2.45, 2.75) is 20.0 Å². The van der Waals surface area contributed by atoms with E-state index in [0.29, 0.717) is 23.3 Å². The lowest BCUT2D eigenvalue weighted by atomic mass is 10.2. The molecule has 0 bridgehead atoms. The summed E-state index contributed by atoms with van der Waals surface area (Å²) >= 11 is 0. The molecule has 0 aliphatic heterocycles. The summed E-state index contributed by atoms with van der Waals surface area (Å²) in [6.45, 7) is 2.17.